The number of aliphatic hydroxyl groups is 1. The van der Waals surface area contributed by atoms with Gasteiger partial charge in [0.15, 0.2) is 6.61 Å². The maximum Gasteiger partial charge on any atom is 0.262 e. The molecule has 27 heavy (non-hydrogen) atoms. The summed E-state index contributed by atoms with van der Waals surface area (Å²) in [5, 5.41) is 16.5. The van der Waals surface area contributed by atoms with Crippen LogP contribution in [0.3, 0.4) is 0 Å². The second kappa shape index (κ2) is 6.96. The molecule has 0 saturated heterocycles. The number of fused-ring (bicyclic) bond motifs is 1. The molecule has 2 amide bonds. The normalized spacial score (nSPS) is 24.3. The van der Waals surface area contributed by atoms with Gasteiger partial charge in [0, 0.05) is 30.2 Å². The number of hydrogen-bond acceptors (Lipinski definition) is 6. The fourth-order valence-electron chi connectivity index (χ4n) is 3.54. The van der Waals surface area contributed by atoms with Crippen molar-refractivity contribution in [2.45, 2.75) is 37.3 Å². The van der Waals surface area contributed by atoms with Crippen molar-refractivity contribution in [2.24, 2.45) is 0 Å². The van der Waals surface area contributed by atoms with E-state index < -0.39 is 5.60 Å². The molecule has 0 spiro atoms. The largest absolute Gasteiger partial charge is 0.466 e. The van der Waals surface area contributed by atoms with Crippen LogP contribution in [0.2, 0.25) is 0 Å². The molecule has 2 aromatic rings. The van der Waals surface area contributed by atoms with Crippen molar-refractivity contribution in [3.63, 3.8) is 0 Å². The Kier molecular flexibility index (Phi) is 4.49. The first-order chi connectivity index (χ1) is 13.0. The summed E-state index contributed by atoms with van der Waals surface area (Å²) < 4.78 is 5.20. The molecule has 0 atom stereocenters. The van der Waals surface area contributed by atoms with Gasteiger partial charge in [-0.3, -0.25) is 14.6 Å². The lowest BCUT2D eigenvalue weighted by atomic mass is 9.78. The lowest BCUT2D eigenvalue weighted by Crippen LogP contribution is -2.42. The summed E-state index contributed by atoms with van der Waals surface area (Å²) in [4.78, 5) is 32.1. The Morgan fingerprint density at radius 3 is 2.89 bits per heavy atom. The highest BCUT2D eigenvalue weighted by atomic mass is 16.5. The maximum absolute atomic E-state index is 12.5. The third-order valence-electron chi connectivity index (χ3n) is 5.07. The minimum atomic E-state index is -0.898. The van der Waals surface area contributed by atoms with Crippen LogP contribution >= 0.6 is 0 Å². The molecule has 0 radical (unpaired) electrons. The second-order valence-corrected chi connectivity index (χ2v) is 6.93. The minimum absolute atomic E-state index is 0.0312. The highest BCUT2D eigenvalue weighted by molar-refractivity contribution is 5.99. The van der Waals surface area contributed by atoms with E-state index in [-0.39, 0.29) is 24.5 Å². The topological polar surface area (TPSA) is 113 Å². The molecule has 1 fully saturated rings. The Morgan fingerprint density at radius 2 is 2.15 bits per heavy atom. The first-order valence-electron chi connectivity index (χ1n) is 8.90. The van der Waals surface area contributed by atoms with E-state index in [2.05, 4.69) is 20.6 Å². The maximum atomic E-state index is 12.5. The molecule has 1 aliphatic heterocycles. The first kappa shape index (κ1) is 17.4. The van der Waals surface area contributed by atoms with Gasteiger partial charge in [-0.25, -0.2) is 4.98 Å². The highest BCUT2D eigenvalue weighted by Crippen LogP contribution is 2.36. The third-order valence-corrected chi connectivity index (χ3v) is 5.07. The standard InChI is InChI=1S/C19H20N4O4/c24-16-11-27-18-15(23-16)8-12(9-21-18)17(25)22-14-3-5-19(26,6-4-14)13-2-1-7-20-10-13/h1-2,7-10,14,26H,3-6,11H2,(H,22,25)(H,23,24). The molecule has 0 unspecified atom stereocenters. The van der Waals surface area contributed by atoms with E-state index in [0.717, 1.165) is 5.56 Å². The van der Waals surface area contributed by atoms with Gasteiger partial charge in [0.05, 0.1) is 11.2 Å². The predicted octanol–water partition coefficient (Wildman–Crippen LogP) is 1.37. The van der Waals surface area contributed by atoms with Crippen molar-refractivity contribution in [2.75, 3.05) is 11.9 Å². The van der Waals surface area contributed by atoms with E-state index in [4.69, 9.17) is 4.74 Å². The Morgan fingerprint density at radius 1 is 1.33 bits per heavy atom. The molecule has 1 saturated carbocycles. The van der Waals surface area contributed by atoms with Gasteiger partial charge >= 0.3 is 0 Å². The van der Waals surface area contributed by atoms with Gasteiger partial charge in [0.1, 0.15) is 5.69 Å². The quantitative estimate of drug-likeness (QED) is 0.754. The van der Waals surface area contributed by atoms with Gasteiger partial charge in [-0.05, 0) is 37.8 Å². The number of hydrogen-bond donors (Lipinski definition) is 3. The highest BCUT2D eigenvalue weighted by Gasteiger charge is 2.35. The zero-order chi connectivity index (χ0) is 18.9. The minimum Gasteiger partial charge on any atom is -0.466 e. The lowest BCUT2D eigenvalue weighted by molar-refractivity contribution is -0.118. The van der Waals surface area contributed by atoms with E-state index in [0.29, 0.717) is 42.8 Å². The average molecular weight is 368 g/mol. The number of rotatable bonds is 3. The number of carbonyl (C=O) groups is 2. The number of anilines is 1. The molecule has 0 bridgehead atoms. The summed E-state index contributed by atoms with van der Waals surface area (Å²) in [6, 6.07) is 5.22. The van der Waals surface area contributed by atoms with Crippen molar-refractivity contribution in [3.05, 3.63) is 47.9 Å². The summed E-state index contributed by atoms with van der Waals surface area (Å²) in [6.07, 6.45) is 7.23. The van der Waals surface area contributed by atoms with E-state index in [1.54, 1.807) is 18.5 Å². The summed E-state index contributed by atoms with van der Waals surface area (Å²) in [5.74, 6) is -0.226. The molecule has 2 aromatic heterocycles. The molecule has 2 aliphatic rings. The van der Waals surface area contributed by atoms with Crippen molar-refractivity contribution >= 4 is 17.5 Å². The number of amides is 2. The van der Waals surface area contributed by atoms with Crippen LogP contribution in [0.15, 0.2) is 36.8 Å². The zero-order valence-corrected chi connectivity index (χ0v) is 14.6. The van der Waals surface area contributed by atoms with Crippen LogP contribution in [0.4, 0.5) is 5.69 Å². The van der Waals surface area contributed by atoms with Crippen molar-refractivity contribution in [1.82, 2.24) is 15.3 Å². The smallest absolute Gasteiger partial charge is 0.262 e. The second-order valence-electron chi connectivity index (χ2n) is 6.93. The van der Waals surface area contributed by atoms with Crippen LogP contribution in [-0.2, 0) is 10.4 Å². The van der Waals surface area contributed by atoms with Crippen molar-refractivity contribution in [3.8, 4) is 5.88 Å². The molecular weight excluding hydrogens is 348 g/mol. The number of pyridine rings is 2. The summed E-state index contributed by atoms with van der Waals surface area (Å²) in [5.41, 5.74) is 0.662. The van der Waals surface area contributed by atoms with Gasteiger partial charge in [-0.2, -0.15) is 0 Å². The van der Waals surface area contributed by atoms with Gasteiger partial charge < -0.3 is 20.5 Å². The number of aromatic nitrogens is 2. The van der Waals surface area contributed by atoms with Gasteiger partial charge in [0.25, 0.3) is 11.8 Å². The number of ether oxygens (including phenoxy) is 1. The van der Waals surface area contributed by atoms with Crippen LogP contribution in [0, 0.1) is 0 Å². The summed E-state index contributed by atoms with van der Waals surface area (Å²) in [6.45, 7) is -0.0759. The summed E-state index contributed by atoms with van der Waals surface area (Å²) >= 11 is 0. The fourth-order valence-corrected chi connectivity index (χ4v) is 3.54. The molecule has 4 rings (SSSR count). The molecule has 1 aliphatic carbocycles. The molecule has 8 nitrogen and oxygen atoms in total. The van der Waals surface area contributed by atoms with Gasteiger partial charge in [0.2, 0.25) is 5.88 Å². The van der Waals surface area contributed by atoms with Crippen LogP contribution in [0.25, 0.3) is 0 Å². The SMILES string of the molecule is O=C1COc2ncc(C(=O)NC3CCC(O)(c4cccnc4)CC3)cc2N1. The van der Waals surface area contributed by atoms with E-state index >= 15 is 0 Å². The first-order valence-corrected chi connectivity index (χ1v) is 8.90. The van der Waals surface area contributed by atoms with E-state index in [9.17, 15) is 14.7 Å². The fraction of sp³-hybridized carbons (Fsp3) is 0.368. The predicted molar refractivity (Wildman–Crippen MR) is 96.2 cm³/mol. The number of carbonyl (C=O) groups excluding carboxylic acids is 2. The zero-order valence-electron chi connectivity index (χ0n) is 14.6. The van der Waals surface area contributed by atoms with E-state index in [1.807, 2.05) is 12.1 Å². The number of nitrogens with zero attached hydrogens (tertiary/aromatic N) is 2. The molecule has 0 aromatic carbocycles. The summed E-state index contributed by atoms with van der Waals surface area (Å²) in [7, 11) is 0. The Bertz CT molecular complexity index is 863. The van der Waals surface area contributed by atoms with Crippen molar-refractivity contribution in [1.29, 1.82) is 0 Å². The molecule has 8 heteroatoms. The monoisotopic (exact) mass is 368 g/mol. The van der Waals surface area contributed by atoms with Crippen LogP contribution in [-0.4, -0.2) is 39.5 Å². The molecule has 3 N–H and O–H groups in total. The Hall–Kier alpha value is -3.00. The Labute approximate surface area is 156 Å². The van der Waals surface area contributed by atoms with E-state index in [1.165, 1.54) is 6.20 Å². The number of nitrogens with one attached hydrogen (secondary N) is 2. The Balaban J connectivity index is 1.39. The van der Waals surface area contributed by atoms with Gasteiger partial charge in [-0.15, -0.1) is 0 Å². The van der Waals surface area contributed by atoms with Crippen molar-refractivity contribution < 1.29 is 19.4 Å². The van der Waals surface area contributed by atoms with Crippen LogP contribution < -0.4 is 15.4 Å². The van der Waals surface area contributed by atoms with Crippen LogP contribution in [0.1, 0.15) is 41.6 Å². The van der Waals surface area contributed by atoms with Crippen LogP contribution in [0.5, 0.6) is 5.88 Å². The molecule has 3 heterocycles. The molecule has 140 valence electrons. The lowest BCUT2D eigenvalue weighted by Gasteiger charge is -2.36. The molecular formula is C19H20N4O4. The average Bonchev–Trinajstić information content (AvgIpc) is 2.70. The van der Waals surface area contributed by atoms with Gasteiger partial charge in [-0.1, -0.05) is 6.07 Å². The third kappa shape index (κ3) is 3.61.